The molecule has 0 atom stereocenters. The Balaban J connectivity index is 0.00000338. The van der Waals surface area contributed by atoms with Gasteiger partial charge in [-0.05, 0) is 42.3 Å². The molecule has 0 saturated heterocycles. The van der Waals surface area contributed by atoms with Gasteiger partial charge in [-0.2, -0.15) is 0 Å². The normalized spacial score (nSPS) is 10.8. The van der Waals surface area contributed by atoms with Gasteiger partial charge in [-0.15, -0.1) is 24.0 Å². The second-order valence-corrected chi connectivity index (χ2v) is 5.66. The molecule has 0 radical (unpaired) electrons. The van der Waals surface area contributed by atoms with Crippen LogP contribution in [0.3, 0.4) is 0 Å². The molecule has 26 heavy (non-hydrogen) atoms. The van der Waals surface area contributed by atoms with Gasteiger partial charge in [-0.3, -0.25) is 0 Å². The summed E-state index contributed by atoms with van der Waals surface area (Å²) in [7, 11) is 3.41. The van der Waals surface area contributed by atoms with Gasteiger partial charge in [0.05, 0.1) is 13.7 Å². The summed E-state index contributed by atoms with van der Waals surface area (Å²) in [6, 6.07) is 11.7. The first-order valence-corrected chi connectivity index (χ1v) is 8.13. The third-order valence-electron chi connectivity index (χ3n) is 3.66. The number of nitrogens with one attached hydrogen (secondary N) is 1. The van der Waals surface area contributed by atoms with Crippen molar-refractivity contribution >= 4 is 29.9 Å². The minimum absolute atomic E-state index is 0. The molecule has 0 fully saturated rings. The van der Waals surface area contributed by atoms with Gasteiger partial charge in [0.2, 0.25) is 0 Å². The molecule has 0 aliphatic carbocycles. The third-order valence-corrected chi connectivity index (χ3v) is 3.66. The van der Waals surface area contributed by atoms with Crippen LogP contribution in [0.2, 0.25) is 0 Å². The summed E-state index contributed by atoms with van der Waals surface area (Å²) in [5.74, 6) is 0.986. The highest BCUT2D eigenvalue weighted by Crippen LogP contribution is 2.26. The maximum atomic E-state index is 13.3. The van der Waals surface area contributed by atoms with Crippen molar-refractivity contribution in [3.05, 3.63) is 59.4 Å². The number of halogens is 2. The minimum atomic E-state index is -0.249. The number of phenolic OH excluding ortho intramolecular Hbond substituents is 1. The van der Waals surface area contributed by atoms with E-state index >= 15 is 0 Å². The van der Waals surface area contributed by atoms with Gasteiger partial charge in [-0.1, -0.05) is 18.2 Å². The van der Waals surface area contributed by atoms with Crippen LogP contribution in [0.5, 0.6) is 11.5 Å². The Morgan fingerprint density at radius 1 is 1.23 bits per heavy atom. The van der Waals surface area contributed by atoms with Crippen LogP contribution in [0.1, 0.15) is 18.1 Å². The number of aromatic hydroxyl groups is 1. The number of aliphatic imine (C=N–C) groups is 1. The molecule has 0 heterocycles. The molecule has 0 bridgehead atoms. The van der Waals surface area contributed by atoms with Crippen molar-refractivity contribution < 1.29 is 14.2 Å². The fraction of sp³-hybridized carbons (Fsp3) is 0.316. The highest BCUT2D eigenvalue weighted by Gasteiger charge is 2.08. The number of rotatable bonds is 6. The van der Waals surface area contributed by atoms with Gasteiger partial charge in [0.15, 0.2) is 17.5 Å². The quantitative estimate of drug-likeness (QED) is 0.381. The van der Waals surface area contributed by atoms with E-state index in [0.29, 0.717) is 24.8 Å². The Morgan fingerprint density at radius 2 is 2.00 bits per heavy atom. The number of hydrogen-bond donors (Lipinski definition) is 2. The van der Waals surface area contributed by atoms with Crippen LogP contribution < -0.4 is 10.1 Å². The third kappa shape index (κ3) is 6.36. The maximum Gasteiger partial charge on any atom is 0.194 e. The monoisotopic (exact) mass is 473 g/mol. The summed E-state index contributed by atoms with van der Waals surface area (Å²) >= 11 is 0. The number of hydrogen-bond acceptors (Lipinski definition) is 3. The Labute approximate surface area is 170 Å². The molecule has 142 valence electrons. The van der Waals surface area contributed by atoms with Crippen molar-refractivity contribution in [2.24, 2.45) is 4.99 Å². The molecule has 2 rings (SSSR count). The topological polar surface area (TPSA) is 57.1 Å². The molecule has 2 aromatic rings. The van der Waals surface area contributed by atoms with E-state index in [2.05, 4.69) is 10.3 Å². The molecular weight excluding hydrogens is 448 g/mol. The lowest BCUT2D eigenvalue weighted by Crippen LogP contribution is -2.38. The average molecular weight is 473 g/mol. The molecule has 2 aromatic carbocycles. The molecule has 2 N–H and O–H groups in total. The van der Waals surface area contributed by atoms with Gasteiger partial charge in [0.1, 0.15) is 5.82 Å². The zero-order valence-corrected chi connectivity index (χ0v) is 17.5. The van der Waals surface area contributed by atoms with E-state index in [-0.39, 0.29) is 35.5 Å². The molecule has 0 spiro atoms. The molecule has 0 aliphatic heterocycles. The Morgan fingerprint density at radius 3 is 2.62 bits per heavy atom. The van der Waals surface area contributed by atoms with Crippen LogP contribution in [0.4, 0.5) is 4.39 Å². The summed E-state index contributed by atoms with van der Waals surface area (Å²) in [5, 5.41) is 13.1. The highest BCUT2D eigenvalue weighted by atomic mass is 127. The number of methoxy groups -OCH3 is 1. The van der Waals surface area contributed by atoms with E-state index in [1.807, 2.05) is 31.0 Å². The summed E-state index contributed by atoms with van der Waals surface area (Å²) in [6.45, 7) is 3.66. The van der Waals surface area contributed by atoms with Crippen LogP contribution >= 0.6 is 24.0 Å². The van der Waals surface area contributed by atoms with Crippen molar-refractivity contribution in [3.63, 3.8) is 0 Å². The zero-order chi connectivity index (χ0) is 18.2. The Kier molecular flexibility index (Phi) is 9.18. The van der Waals surface area contributed by atoms with E-state index in [4.69, 9.17) is 4.74 Å². The van der Waals surface area contributed by atoms with Crippen LogP contribution in [0.15, 0.2) is 47.5 Å². The molecule has 7 heteroatoms. The number of phenols is 1. The minimum Gasteiger partial charge on any atom is -0.504 e. The van der Waals surface area contributed by atoms with Crippen molar-refractivity contribution in [1.29, 1.82) is 0 Å². The van der Waals surface area contributed by atoms with Crippen molar-refractivity contribution in [3.8, 4) is 11.5 Å². The van der Waals surface area contributed by atoms with Crippen LogP contribution in [0, 0.1) is 5.82 Å². The Hall–Kier alpha value is -2.03. The largest absolute Gasteiger partial charge is 0.504 e. The second-order valence-electron chi connectivity index (χ2n) is 5.66. The van der Waals surface area contributed by atoms with Gasteiger partial charge in [-0.25, -0.2) is 9.38 Å². The predicted octanol–water partition coefficient (Wildman–Crippen LogP) is 3.76. The zero-order valence-electron chi connectivity index (χ0n) is 15.2. The summed E-state index contributed by atoms with van der Waals surface area (Å²) in [5.41, 5.74) is 1.74. The van der Waals surface area contributed by atoms with Crippen molar-refractivity contribution in [1.82, 2.24) is 10.2 Å². The van der Waals surface area contributed by atoms with Gasteiger partial charge in [0.25, 0.3) is 0 Å². The average Bonchev–Trinajstić information content (AvgIpc) is 2.58. The van der Waals surface area contributed by atoms with E-state index in [9.17, 15) is 9.50 Å². The van der Waals surface area contributed by atoms with Gasteiger partial charge in [0, 0.05) is 20.1 Å². The summed E-state index contributed by atoms with van der Waals surface area (Å²) in [4.78, 5) is 6.52. The molecule has 0 amide bonds. The molecule has 0 unspecified atom stereocenters. The lowest BCUT2D eigenvalue weighted by atomic mass is 10.2. The molecular formula is C19H25FIN3O2. The smallest absolute Gasteiger partial charge is 0.194 e. The Bertz CT molecular complexity index is 740. The van der Waals surface area contributed by atoms with E-state index in [1.54, 1.807) is 18.2 Å². The fourth-order valence-corrected chi connectivity index (χ4v) is 2.45. The molecule has 0 aromatic heterocycles. The first-order chi connectivity index (χ1) is 12.0. The summed E-state index contributed by atoms with van der Waals surface area (Å²) < 4.78 is 18.4. The van der Waals surface area contributed by atoms with Gasteiger partial charge < -0.3 is 20.1 Å². The summed E-state index contributed by atoms with van der Waals surface area (Å²) in [6.07, 6.45) is 0. The van der Waals surface area contributed by atoms with Crippen molar-refractivity contribution in [2.75, 3.05) is 20.7 Å². The molecule has 0 saturated carbocycles. The molecule has 5 nitrogen and oxygen atoms in total. The number of benzene rings is 2. The standard InChI is InChI=1S/C19H24FN3O2.HI/c1-4-21-19(23(2)13-15-6-5-7-16(20)10-15)22-12-14-8-9-18(25-3)17(24)11-14;/h5-11,24H,4,12-13H2,1-3H3,(H,21,22);1H. The SMILES string of the molecule is CCNC(=NCc1ccc(OC)c(O)c1)N(C)Cc1cccc(F)c1.I. The first kappa shape index (κ1) is 22.0. The van der Waals surface area contributed by atoms with E-state index < -0.39 is 0 Å². The van der Waals surface area contributed by atoms with Crippen LogP contribution in [0.25, 0.3) is 0 Å². The van der Waals surface area contributed by atoms with E-state index in [1.165, 1.54) is 19.2 Å². The second kappa shape index (κ2) is 10.8. The fourth-order valence-electron chi connectivity index (χ4n) is 2.45. The van der Waals surface area contributed by atoms with Gasteiger partial charge >= 0.3 is 0 Å². The van der Waals surface area contributed by atoms with Crippen LogP contribution in [-0.4, -0.2) is 36.7 Å². The highest BCUT2D eigenvalue weighted by molar-refractivity contribution is 14.0. The molecule has 0 aliphatic rings. The number of ether oxygens (including phenoxy) is 1. The first-order valence-electron chi connectivity index (χ1n) is 8.13. The number of nitrogens with zero attached hydrogens (tertiary/aromatic N) is 2. The lowest BCUT2D eigenvalue weighted by Gasteiger charge is -2.22. The lowest BCUT2D eigenvalue weighted by molar-refractivity contribution is 0.373. The number of guanidine groups is 1. The van der Waals surface area contributed by atoms with Crippen molar-refractivity contribution in [2.45, 2.75) is 20.0 Å². The maximum absolute atomic E-state index is 13.3. The predicted molar refractivity (Wildman–Crippen MR) is 113 cm³/mol. The van der Waals surface area contributed by atoms with Crippen LogP contribution in [-0.2, 0) is 13.1 Å². The van der Waals surface area contributed by atoms with E-state index in [0.717, 1.165) is 17.7 Å².